The lowest BCUT2D eigenvalue weighted by molar-refractivity contribution is 0.128. The maximum absolute atomic E-state index is 13.2. The number of aliphatic hydroxyl groups is 1. The van der Waals surface area contributed by atoms with Crippen molar-refractivity contribution in [3.05, 3.63) is 52.2 Å². The van der Waals surface area contributed by atoms with E-state index in [9.17, 15) is 9.90 Å². The van der Waals surface area contributed by atoms with E-state index in [2.05, 4.69) is 30.1 Å². The monoisotopic (exact) mass is 398 g/mol. The molecule has 0 fully saturated rings. The van der Waals surface area contributed by atoms with E-state index in [4.69, 9.17) is 0 Å². The summed E-state index contributed by atoms with van der Waals surface area (Å²) in [5.41, 5.74) is 2.13. The third kappa shape index (κ3) is 4.72. The lowest BCUT2D eigenvalue weighted by atomic mass is 10.1. The third-order valence-corrected chi connectivity index (χ3v) is 6.33. The van der Waals surface area contributed by atoms with Gasteiger partial charge in [-0.2, -0.15) is 0 Å². The lowest BCUT2D eigenvalue weighted by Crippen LogP contribution is -2.35. The molecule has 2 aromatic carbocycles. The van der Waals surface area contributed by atoms with Gasteiger partial charge in [0.25, 0.3) is 0 Å². The molecule has 150 valence electrons. The number of benzene rings is 2. The van der Waals surface area contributed by atoms with Gasteiger partial charge in [-0.3, -0.25) is 9.69 Å². The fourth-order valence-corrected chi connectivity index (χ4v) is 4.75. The highest BCUT2D eigenvalue weighted by Crippen LogP contribution is 2.31. The van der Waals surface area contributed by atoms with Crippen LogP contribution in [0.3, 0.4) is 0 Å². The van der Waals surface area contributed by atoms with Crippen molar-refractivity contribution in [2.75, 3.05) is 31.5 Å². The topological polar surface area (TPSA) is 52.6 Å². The summed E-state index contributed by atoms with van der Waals surface area (Å²) in [4.78, 5) is 15.5. The van der Waals surface area contributed by atoms with Crippen LogP contribution in [0.5, 0.6) is 0 Å². The van der Waals surface area contributed by atoms with Crippen LogP contribution in [-0.4, -0.2) is 42.3 Å². The summed E-state index contributed by atoms with van der Waals surface area (Å²) in [6, 6.07) is 11.9. The Morgan fingerprint density at radius 3 is 2.71 bits per heavy atom. The molecule has 0 spiro atoms. The van der Waals surface area contributed by atoms with Crippen LogP contribution >= 0.6 is 11.3 Å². The molecule has 0 saturated heterocycles. The summed E-state index contributed by atoms with van der Waals surface area (Å²) in [5, 5.41) is 14.8. The fourth-order valence-electron chi connectivity index (χ4n) is 3.58. The molecular formula is C23H30N2O2S. The first-order chi connectivity index (χ1) is 13.5. The lowest BCUT2D eigenvalue weighted by Gasteiger charge is -2.24. The molecule has 1 heterocycles. The van der Waals surface area contributed by atoms with Gasteiger partial charge < -0.3 is 10.4 Å². The standard InChI is InChI=1S/C23H30N2O2S/c1-4-5-13-25(15-17(3)26)14-12-24-19-11-10-16(2)23-21(19)22(27)18-8-6-7-9-20(18)28-23/h6-11,17,24,26H,4-5,12-15H2,1-3H3/t17-/m1/s1. The molecule has 0 bridgehead atoms. The van der Waals surface area contributed by atoms with Crippen molar-refractivity contribution in [3.8, 4) is 0 Å². The highest BCUT2D eigenvalue weighted by atomic mass is 32.1. The Bertz CT molecular complexity index is 997. The van der Waals surface area contributed by atoms with E-state index < -0.39 is 0 Å². The van der Waals surface area contributed by atoms with Gasteiger partial charge in [0.1, 0.15) is 0 Å². The molecule has 1 aromatic heterocycles. The molecule has 5 heteroatoms. The average Bonchev–Trinajstić information content (AvgIpc) is 2.68. The summed E-state index contributed by atoms with van der Waals surface area (Å²) in [6.45, 7) is 9.31. The summed E-state index contributed by atoms with van der Waals surface area (Å²) in [5.74, 6) is 0. The first-order valence-electron chi connectivity index (χ1n) is 10.1. The molecule has 1 atom stereocenters. The molecule has 0 radical (unpaired) electrons. The number of nitrogens with one attached hydrogen (secondary N) is 1. The summed E-state index contributed by atoms with van der Waals surface area (Å²) in [7, 11) is 0. The van der Waals surface area contributed by atoms with Crippen molar-refractivity contribution in [2.24, 2.45) is 0 Å². The van der Waals surface area contributed by atoms with Crippen molar-refractivity contribution in [3.63, 3.8) is 0 Å². The summed E-state index contributed by atoms with van der Waals surface area (Å²) < 4.78 is 2.09. The van der Waals surface area contributed by atoms with E-state index >= 15 is 0 Å². The van der Waals surface area contributed by atoms with Crippen LogP contribution in [-0.2, 0) is 0 Å². The van der Waals surface area contributed by atoms with Crippen molar-refractivity contribution >= 4 is 37.2 Å². The number of aryl methyl sites for hydroxylation is 1. The first kappa shape index (κ1) is 20.8. The van der Waals surface area contributed by atoms with Crippen molar-refractivity contribution in [1.82, 2.24) is 4.90 Å². The predicted octanol–water partition coefficient (Wildman–Crippen LogP) is 4.62. The van der Waals surface area contributed by atoms with Crippen molar-refractivity contribution in [1.29, 1.82) is 0 Å². The van der Waals surface area contributed by atoms with Gasteiger partial charge in [0.05, 0.1) is 11.5 Å². The number of fused-ring (bicyclic) bond motifs is 2. The Labute approximate surface area is 170 Å². The largest absolute Gasteiger partial charge is 0.392 e. The van der Waals surface area contributed by atoms with Crippen molar-refractivity contribution in [2.45, 2.75) is 39.7 Å². The van der Waals surface area contributed by atoms with E-state index in [-0.39, 0.29) is 11.5 Å². The summed E-state index contributed by atoms with van der Waals surface area (Å²) >= 11 is 1.68. The zero-order valence-electron chi connectivity index (χ0n) is 17.0. The van der Waals surface area contributed by atoms with Gasteiger partial charge in [0.2, 0.25) is 0 Å². The highest BCUT2D eigenvalue weighted by molar-refractivity contribution is 7.24. The summed E-state index contributed by atoms with van der Waals surface area (Å²) in [6.07, 6.45) is 1.93. The maximum atomic E-state index is 13.2. The van der Waals surface area contributed by atoms with Gasteiger partial charge >= 0.3 is 0 Å². The first-order valence-corrected chi connectivity index (χ1v) is 10.9. The second-order valence-corrected chi connectivity index (χ2v) is 8.54. The number of rotatable bonds is 9. The fraction of sp³-hybridized carbons (Fsp3) is 0.435. The molecule has 0 aliphatic carbocycles. The van der Waals surface area contributed by atoms with Gasteiger partial charge in [-0.15, -0.1) is 11.3 Å². The Kier molecular flexibility index (Phi) is 7.05. The van der Waals surface area contributed by atoms with Crippen LogP contribution < -0.4 is 10.7 Å². The smallest absolute Gasteiger partial charge is 0.197 e. The average molecular weight is 399 g/mol. The van der Waals surface area contributed by atoms with E-state index in [0.717, 1.165) is 63.9 Å². The van der Waals surface area contributed by atoms with E-state index in [1.807, 2.05) is 37.3 Å². The molecule has 0 aliphatic heterocycles. The van der Waals surface area contributed by atoms with E-state index in [1.54, 1.807) is 11.3 Å². The number of hydrogen-bond donors (Lipinski definition) is 2. The quantitative estimate of drug-likeness (QED) is 0.517. The second kappa shape index (κ2) is 9.50. The third-order valence-electron chi connectivity index (χ3n) is 5.02. The number of aliphatic hydroxyl groups excluding tert-OH is 1. The van der Waals surface area contributed by atoms with Crippen LogP contribution in [0.2, 0.25) is 0 Å². The molecule has 0 unspecified atom stereocenters. The van der Waals surface area contributed by atoms with Crippen molar-refractivity contribution < 1.29 is 5.11 Å². The van der Waals surface area contributed by atoms with Crippen LogP contribution in [0.15, 0.2) is 41.2 Å². The van der Waals surface area contributed by atoms with Crippen LogP contribution in [0, 0.1) is 6.92 Å². The predicted molar refractivity (Wildman–Crippen MR) is 122 cm³/mol. The van der Waals surface area contributed by atoms with Crippen LogP contribution in [0.25, 0.3) is 20.2 Å². The van der Waals surface area contributed by atoms with Crippen LogP contribution in [0.4, 0.5) is 5.69 Å². The zero-order chi connectivity index (χ0) is 20.1. The molecule has 28 heavy (non-hydrogen) atoms. The normalized spacial score (nSPS) is 12.8. The molecule has 3 rings (SSSR count). The number of unbranched alkanes of at least 4 members (excludes halogenated alkanes) is 1. The minimum Gasteiger partial charge on any atom is -0.392 e. The minimum atomic E-state index is -0.335. The molecule has 3 aromatic rings. The van der Waals surface area contributed by atoms with Gasteiger partial charge in [-0.25, -0.2) is 0 Å². The Morgan fingerprint density at radius 2 is 1.96 bits per heavy atom. The van der Waals surface area contributed by atoms with Gasteiger partial charge in [0, 0.05) is 40.1 Å². The maximum Gasteiger partial charge on any atom is 0.197 e. The molecular weight excluding hydrogens is 368 g/mol. The zero-order valence-corrected chi connectivity index (χ0v) is 17.8. The molecule has 2 N–H and O–H groups in total. The second-order valence-electron chi connectivity index (χ2n) is 7.49. The SMILES string of the molecule is CCCCN(CCNc1ccc(C)c2sc3ccccc3c(=O)c12)C[C@@H](C)O. The molecule has 4 nitrogen and oxygen atoms in total. The molecule has 0 amide bonds. The minimum absolute atomic E-state index is 0.0994. The highest BCUT2D eigenvalue weighted by Gasteiger charge is 2.13. The Morgan fingerprint density at radius 1 is 1.18 bits per heavy atom. The number of anilines is 1. The number of nitrogens with zero attached hydrogens (tertiary/aromatic N) is 1. The van der Waals surface area contributed by atoms with Crippen LogP contribution in [0.1, 0.15) is 32.3 Å². The van der Waals surface area contributed by atoms with Gasteiger partial charge in [0.15, 0.2) is 5.43 Å². The van der Waals surface area contributed by atoms with E-state index in [0.29, 0.717) is 6.54 Å². The van der Waals surface area contributed by atoms with Gasteiger partial charge in [-0.1, -0.05) is 31.5 Å². The Balaban J connectivity index is 1.86. The van der Waals surface area contributed by atoms with Gasteiger partial charge in [-0.05, 0) is 50.6 Å². The molecule has 0 saturated carbocycles. The Hall–Kier alpha value is -1.95. The van der Waals surface area contributed by atoms with E-state index in [1.165, 1.54) is 0 Å². The number of hydrogen-bond acceptors (Lipinski definition) is 5. The molecule has 0 aliphatic rings.